The van der Waals surface area contributed by atoms with E-state index in [1.807, 2.05) is 13.1 Å². The Hall–Kier alpha value is -1.22. The zero-order chi connectivity index (χ0) is 12.6. The fraction of sp³-hybridized carbons (Fsp3) is 0.429. The molecule has 0 aliphatic heterocycles. The largest absolute Gasteiger partial charge is 0.255 e. The van der Waals surface area contributed by atoms with Crippen molar-refractivity contribution in [2.75, 3.05) is 0 Å². The van der Waals surface area contributed by atoms with Crippen LogP contribution in [0.5, 0.6) is 0 Å². The van der Waals surface area contributed by atoms with Crippen molar-refractivity contribution in [2.45, 2.75) is 40.5 Å². The Morgan fingerprint density at radius 2 is 1.88 bits per heavy atom. The summed E-state index contributed by atoms with van der Waals surface area (Å²) in [6, 6.07) is 2.09. The lowest BCUT2D eigenvalue weighted by molar-refractivity contribution is 0.851. The number of aryl methyl sites for hydroxylation is 3. The van der Waals surface area contributed by atoms with Gasteiger partial charge in [0.2, 0.25) is 0 Å². The highest BCUT2D eigenvalue weighted by Crippen LogP contribution is 2.35. The van der Waals surface area contributed by atoms with E-state index in [2.05, 4.69) is 43.7 Å². The fourth-order valence-corrected chi connectivity index (χ4v) is 3.16. The van der Waals surface area contributed by atoms with Gasteiger partial charge in [-0.15, -0.1) is 11.3 Å². The Morgan fingerprint density at radius 1 is 1.18 bits per heavy atom. The first kappa shape index (κ1) is 12.2. The maximum absolute atomic E-state index is 4.58. The zero-order valence-electron chi connectivity index (χ0n) is 11.0. The number of hydrogen-bond acceptors (Lipinski definition) is 3. The molecule has 0 saturated carbocycles. The summed E-state index contributed by atoms with van der Waals surface area (Å²) in [5.41, 5.74) is 4.87. The van der Waals surface area contributed by atoms with E-state index in [9.17, 15) is 0 Å². The highest BCUT2D eigenvalue weighted by molar-refractivity contribution is 7.15. The van der Waals surface area contributed by atoms with Gasteiger partial charge in [-0.3, -0.25) is 4.98 Å². The molecule has 0 unspecified atom stereocenters. The third-order valence-electron chi connectivity index (χ3n) is 2.90. The Balaban J connectivity index is 2.67. The van der Waals surface area contributed by atoms with Gasteiger partial charge >= 0.3 is 0 Å². The molecule has 0 aliphatic rings. The molecule has 0 N–H and O–H groups in total. The maximum Gasteiger partial charge on any atom is 0.0904 e. The second kappa shape index (κ2) is 4.57. The molecule has 0 aliphatic carbocycles. The van der Waals surface area contributed by atoms with Gasteiger partial charge in [0.05, 0.1) is 21.3 Å². The van der Waals surface area contributed by atoms with Gasteiger partial charge in [-0.25, -0.2) is 4.98 Å². The van der Waals surface area contributed by atoms with Gasteiger partial charge in [0.1, 0.15) is 0 Å². The molecule has 2 rings (SSSR count). The van der Waals surface area contributed by atoms with Gasteiger partial charge in [-0.05, 0) is 43.9 Å². The van der Waals surface area contributed by atoms with Gasteiger partial charge in [0.25, 0.3) is 0 Å². The predicted molar refractivity (Wildman–Crippen MR) is 73.6 cm³/mol. The molecular formula is C14H18N2S. The van der Waals surface area contributed by atoms with E-state index in [1.54, 1.807) is 11.3 Å². The number of pyridine rings is 1. The second-order valence-corrected chi connectivity index (χ2v) is 5.90. The average Bonchev–Trinajstić information content (AvgIpc) is 2.56. The van der Waals surface area contributed by atoms with Crippen LogP contribution in [-0.2, 0) is 0 Å². The lowest BCUT2D eigenvalue weighted by atomic mass is 9.95. The van der Waals surface area contributed by atoms with Crippen LogP contribution in [0.3, 0.4) is 0 Å². The summed E-state index contributed by atoms with van der Waals surface area (Å²) < 4.78 is 0. The summed E-state index contributed by atoms with van der Waals surface area (Å²) >= 11 is 1.73. The summed E-state index contributed by atoms with van der Waals surface area (Å²) in [5, 5.41) is 1.11. The minimum atomic E-state index is 0.487. The Bertz CT molecular complexity index is 541. The molecule has 3 heteroatoms. The van der Waals surface area contributed by atoms with E-state index in [0.717, 1.165) is 16.4 Å². The summed E-state index contributed by atoms with van der Waals surface area (Å²) in [6.45, 7) is 10.7. The standard InChI is InChI=1S/C14H18N2S/c1-8(2)12-9(3)6-7-15-13(12)14-10(4)16-11(5)17-14/h6-8H,1-5H3. The zero-order valence-corrected chi connectivity index (χ0v) is 11.9. The molecule has 2 aromatic heterocycles. The molecule has 0 saturated heterocycles. The quantitative estimate of drug-likeness (QED) is 0.791. The van der Waals surface area contributed by atoms with Gasteiger partial charge in [-0.1, -0.05) is 13.8 Å². The first-order valence-corrected chi connectivity index (χ1v) is 6.72. The molecule has 0 fully saturated rings. The molecular weight excluding hydrogens is 228 g/mol. The second-order valence-electron chi connectivity index (χ2n) is 4.69. The van der Waals surface area contributed by atoms with Gasteiger partial charge in [-0.2, -0.15) is 0 Å². The van der Waals surface area contributed by atoms with Crippen LogP contribution in [0.1, 0.15) is 41.6 Å². The number of nitrogens with zero attached hydrogens (tertiary/aromatic N) is 2. The van der Waals surface area contributed by atoms with Crippen molar-refractivity contribution in [2.24, 2.45) is 0 Å². The molecule has 2 aromatic rings. The van der Waals surface area contributed by atoms with Crippen LogP contribution in [0.4, 0.5) is 0 Å². The van der Waals surface area contributed by atoms with Crippen LogP contribution < -0.4 is 0 Å². The minimum absolute atomic E-state index is 0.487. The van der Waals surface area contributed by atoms with Gasteiger partial charge in [0.15, 0.2) is 0 Å². The van der Waals surface area contributed by atoms with E-state index < -0.39 is 0 Å². The van der Waals surface area contributed by atoms with Gasteiger partial charge in [0, 0.05) is 6.20 Å². The van der Waals surface area contributed by atoms with Gasteiger partial charge < -0.3 is 0 Å². The molecule has 90 valence electrons. The minimum Gasteiger partial charge on any atom is -0.255 e. The third-order valence-corrected chi connectivity index (χ3v) is 3.98. The Labute approximate surface area is 107 Å². The number of thiazole rings is 1. The number of hydrogen-bond donors (Lipinski definition) is 0. The molecule has 0 bridgehead atoms. The van der Waals surface area contributed by atoms with E-state index in [0.29, 0.717) is 5.92 Å². The van der Waals surface area contributed by atoms with Crippen molar-refractivity contribution in [1.29, 1.82) is 0 Å². The van der Waals surface area contributed by atoms with Crippen molar-refractivity contribution < 1.29 is 0 Å². The van der Waals surface area contributed by atoms with E-state index in [1.165, 1.54) is 16.0 Å². The van der Waals surface area contributed by atoms with Crippen LogP contribution in [0, 0.1) is 20.8 Å². The number of rotatable bonds is 2. The normalized spacial score (nSPS) is 11.2. The van der Waals surface area contributed by atoms with Crippen molar-refractivity contribution in [3.63, 3.8) is 0 Å². The summed E-state index contributed by atoms with van der Waals surface area (Å²) in [5.74, 6) is 0.487. The molecule has 0 spiro atoms. The Morgan fingerprint density at radius 3 is 2.41 bits per heavy atom. The van der Waals surface area contributed by atoms with Crippen LogP contribution in [-0.4, -0.2) is 9.97 Å². The highest BCUT2D eigenvalue weighted by Gasteiger charge is 2.16. The molecule has 0 atom stereocenters. The molecule has 0 amide bonds. The van der Waals surface area contributed by atoms with Crippen LogP contribution in [0.2, 0.25) is 0 Å². The lowest BCUT2D eigenvalue weighted by Gasteiger charge is -2.13. The van der Waals surface area contributed by atoms with E-state index >= 15 is 0 Å². The van der Waals surface area contributed by atoms with E-state index in [4.69, 9.17) is 0 Å². The molecule has 17 heavy (non-hydrogen) atoms. The van der Waals surface area contributed by atoms with Crippen molar-refractivity contribution in [1.82, 2.24) is 9.97 Å². The molecule has 2 heterocycles. The fourth-order valence-electron chi connectivity index (χ4n) is 2.23. The van der Waals surface area contributed by atoms with Crippen molar-refractivity contribution in [3.8, 4) is 10.6 Å². The maximum atomic E-state index is 4.58. The summed E-state index contributed by atoms with van der Waals surface area (Å²) in [6.07, 6.45) is 1.89. The topological polar surface area (TPSA) is 25.8 Å². The molecule has 0 radical (unpaired) electrons. The SMILES string of the molecule is Cc1nc(C)c(-c2nccc(C)c2C(C)C)s1. The summed E-state index contributed by atoms with van der Waals surface area (Å²) in [7, 11) is 0. The van der Waals surface area contributed by atoms with Crippen LogP contribution >= 0.6 is 11.3 Å². The first-order valence-electron chi connectivity index (χ1n) is 5.90. The Kier molecular flexibility index (Phi) is 3.29. The monoisotopic (exact) mass is 246 g/mol. The third kappa shape index (κ3) is 2.25. The molecule has 0 aromatic carbocycles. The highest BCUT2D eigenvalue weighted by atomic mass is 32.1. The summed E-state index contributed by atoms with van der Waals surface area (Å²) in [4.78, 5) is 10.3. The van der Waals surface area contributed by atoms with Crippen molar-refractivity contribution in [3.05, 3.63) is 34.1 Å². The lowest BCUT2D eigenvalue weighted by Crippen LogP contribution is -1.98. The number of aromatic nitrogens is 2. The van der Waals surface area contributed by atoms with Crippen molar-refractivity contribution >= 4 is 11.3 Å². The first-order chi connectivity index (χ1) is 8.00. The average molecular weight is 246 g/mol. The predicted octanol–water partition coefficient (Wildman–Crippen LogP) is 4.25. The van der Waals surface area contributed by atoms with E-state index in [-0.39, 0.29) is 0 Å². The smallest absolute Gasteiger partial charge is 0.0904 e. The van der Waals surface area contributed by atoms with Crippen LogP contribution in [0.25, 0.3) is 10.6 Å². The molecule has 2 nitrogen and oxygen atoms in total. The van der Waals surface area contributed by atoms with Crippen LogP contribution in [0.15, 0.2) is 12.3 Å².